The van der Waals surface area contributed by atoms with Gasteiger partial charge < -0.3 is 15.5 Å². The van der Waals surface area contributed by atoms with Crippen molar-refractivity contribution in [3.8, 4) is 0 Å². The maximum absolute atomic E-state index is 12.7. The Balaban J connectivity index is 0.00000243. The zero-order valence-corrected chi connectivity index (χ0v) is 18.5. The number of carbonyl (C=O) groups is 1. The Morgan fingerprint density at radius 2 is 2.15 bits per heavy atom. The Labute approximate surface area is 177 Å². The predicted molar refractivity (Wildman–Crippen MR) is 122 cm³/mol. The Kier molecular flexibility index (Phi) is 9.04. The van der Waals surface area contributed by atoms with E-state index in [0.29, 0.717) is 5.25 Å². The van der Waals surface area contributed by atoms with Gasteiger partial charge in [0, 0.05) is 30.6 Å². The van der Waals surface area contributed by atoms with Crippen LogP contribution in [0.4, 0.5) is 5.69 Å². The summed E-state index contributed by atoms with van der Waals surface area (Å²) in [5, 5.41) is 7.29. The fourth-order valence-corrected chi connectivity index (χ4v) is 4.58. The Hall–Kier alpha value is -0.960. The third kappa shape index (κ3) is 5.77. The third-order valence-electron chi connectivity index (χ3n) is 4.65. The molecule has 0 saturated carbocycles. The van der Waals surface area contributed by atoms with Crippen LogP contribution in [0.5, 0.6) is 0 Å². The van der Waals surface area contributed by atoms with Crippen LogP contribution in [0.1, 0.15) is 31.7 Å². The molecule has 26 heavy (non-hydrogen) atoms. The molecule has 0 bridgehead atoms. The molecule has 2 aliphatic heterocycles. The van der Waals surface area contributed by atoms with E-state index in [2.05, 4.69) is 21.7 Å². The Bertz CT molecular complexity index is 619. The van der Waals surface area contributed by atoms with Crippen molar-refractivity contribution in [2.45, 2.75) is 37.9 Å². The normalized spacial score (nSPS) is 19.5. The van der Waals surface area contributed by atoms with Crippen molar-refractivity contribution in [1.29, 1.82) is 0 Å². The average molecular weight is 488 g/mol. The van der Waals surface area contributed by atoms with Crippen molar-refractivity contribution in [2.75, 3.05) is 36.8 Å². The maximum Gasteiger partial charge on any atom is 0.248 e. The molecule has 0 aliphatic carbocycles. The van der Waals surface area contributed by atoms with Gasteiger partial charge in [-0.15, -0.1) is 24.0 Å². The summed E-state index contributed by atoms with van der Waals surface area (Å²) in [5.74, 6) is 2.07. The summed E-state index contributed by atoms with van der Waals surface area (Å²) in [5.41, 5.74) is 2.31. The molecule has 0 radical (unpaired) electrons. The van der Waals surface area contributed by atoms with Crippen molar-refractivity contribution in [3.05, 3.63) is 29.8 Å². The molecule has 2 heterocycles. The van der Waals surface area contributed by atoms with Gasteiger partial charge in [0.1, 0.15) is 6.54 Å². The Morgan fingerprint density at radius 3 is 2.92 bits per heavy atom. The van der Waals surface area contributed by atoms with Crippen LogP contribution in [0.3, 0.4) is 0 Å². The highest BCUT2D eigenvalue weighted by molar-refractivity contribution is 14.0. The summed E-state index contributed by atoms with van der Waals surface area (Å²) >= 11 is 2.02. The van der Waals surface area contributed by atoms with Crippen molar-refractivity contribution in [1.82, 2.24) is 10.6 Å². The van der Waals surface area contributed by atoms with Gasteiger partial charge in [-0.3, -0.25) is 4.79 Å². The standard InChI is InChI=1S/C19H28N4OS.HI/c1-2-20-19(21-13-16-9-6-12-25-16)22-14-18(24)23-11-5-8-15-7-3-4-10-17(15)23;/h3-4,7,10,16H,2,5-6,8-9,11-14H2,1H3,(H2,20,21,22);1H. The molecule has 2 aliphatic rings. The lowest BCUT2D eigenvalue weighted by Gasteiger charge is -2.29. The lowest BCUT2D eigenvalue weighted by atomic mass is 10.0. The van der Waals surface area contributed by atoms with E-state index in [0.717, 1.165) is 44.1 Å². The number of benzene rings is 1. The number of aryl methyl sites for hydroxylation is 1. The maximum atomic E-state index is 12.7. The molecule has 5 nitrogen and oxygen atoms in total. The number of nitrogens with zero attached hydrogens (tertiary/aromatic N) is 2. The van der Waals surface area contributed by atoms with Crippen LogP contribution in [-0.2, 0) is 11.2 Å². The molecular weight excluding hydrogens is 459 g/mol. The van der Waals surface area contributed by atoms with Crippen LogP contribution in [0.2, 0.25) is 0 Å². The summed E-state index contributed by atoms with van der Waals surface area (Å²) in [7, 11) is 0. The Morgan fingerprint density at radius 1 is 1.31 bits per heavy atom. The number of carbonyl (C=O) groups excluding carboxylic acids is 1. The second-order valence-electron chi connectivity index (χ2n) is 6.49. The number of guanidine groups is 1. The quantitative estimate of drug-likeness (QED) is 0.380. The summed E-state index contributed by atoms with van der Waals surface area (Å²) in [6.45, 7) is 4.72. The molecule has 0 aromatic heterocycles. The monoisotopic (exact) mass is 488 g/mol. The van der Waals surface area contributed by atoms with Gasteiger partial charge >= 0.3 is 0 Å². The summed E-state index contributed by atoms with van der Waals surface area (Å²) < 4.78 is 0. The number of fused-ring (bicyclic) bond motifs is 1. The van der Waals surface area contributed by atoms with Crippen molar-refractivity contribution in [3.63, 3.8) is 0 Å². The molecule has 1 saturated heterocycles. The van der Waals surface area contributed by atoms with Crippen LogP contribution >= 0.6 is 35.7 Å². The number of aliphatic imine (C=N–C) groups is 1. The van der Waals surface area contributed by atoms with Gasteiger partial charge in [-0.25, -0.2) is 4.99 Å². The second kappa shape index (κ2) is 11.0. The summed E-state index contributed by atoms with van der Waals surface area (Å²) in [4.78, 5) is 19.1. The number of halogens is 1. The highest BCUT2D eigenvalue weighted by Crippen LogP contribution is 2.27. The smallest absolute Gasteiger partial charge is 0.248 e. The predicted octanol–water partition coefficient (Wildman–Crippen LogP) is 3.03. The number of amides is 1. The SMILES string of the molecule is CCNC(=NCC(=O)N1CCCc2ccccc21)NCC1CCCS1.I. The molecule has 2 N–H and O–H groups in total. The molecule has 144 valence electrons. The second-order valence-corrected chi connectivity index (χ2v) is 7.90. The molecular formula is C19H29IN4OS. The van der Waals surface area contributed by atoms with E-state index in [1.807, 2.05) is 41.8 Å². The van der Waals surface area contributed by atoms with E-state index >= 15 is 0 Å². The zero-order valence-electron chi connectivity index (χ0n) is 15.4. The number of anilines is 1. The number of para-hydroxylation sites is 1. The summed E-state index contributed by atoms with van der Waals surface area (Å²) in [6.07, 6.45) is 4.63. The molecule has 0 spiro atoms. The number of nitrogens with one attached hydrogen (secondary N) is 2. The van der Waals surface area contributed by atoms with Crippen LogP contribution in [0.25, 0.3) is 0 Å². The van der Waals surface area contributed by atoms with Crippen LogP contribution < -0.4 is 15.5 Å². The molecule has 1 unspecified atom stereocenters. The van der Waals surface area contributed by atoms with Crippen LogP contribution in [0.15, 0.2) is 29.3 Å². The van der Waals surface area contributed by atoms with Crippen molar-refractivity contribution in [2.24, 2.45) is 4.99 Å². The van der Waals surface area contributed by atoms with Crippen molar-refractivity contribution >= 4 is 53.3 Å². The first kappa shape index (κ1) is 21.3. The van der Waals surface area contributed by atoms with E-state index in [9.17, 15) is 4.79 Å². The number of thioether (sulfide) groups is 1. The van der Waals surface area contributed by atoms with Gasteiger partial charge in [0.05, 0.1) is 0 Å². The number of rotatable bonds is 5. The first-order chi connectivity index (χ1) is 12.3. The van der Waals surface area contributed by atoms with Gasteiger partial charge in [-0.05, 0) is 50.0 Å². The molecule has 1 amide bonds. The minimum absolute atomic E-state index is 0. The van der Waals surface area contributed by atoms with Gasteiger partial charge in [-0.2, -0.15) is 11.8 Å². The highest BCUT2D eigenvalue weighted by atomic mass is 127. The lowest BCUT2D eigenvalue weighted by Crippen LogP contribution is -2.42. The van der Waals surface area contributed by atoms with E-state index in [1.165, 1.54) is 24.2 Å². The fraction of sp³-hybridized carbons (Fsp3) is 0.579. The van der Waals surface area contributed by atoms with Gasteiger partial charge in [-0.1, -0.05) is 18.2 Å². The minimum atomic E-state index is 0. The zero-order chi connectivity index (χ0) is 17.5. The molecule has 1 aromatic carbocycles. The van der Waals surface area contributed by atoms with Crippen LogP contribution in [0, 0.1) is 0 Å². The molecule has 1 fully saturated rings. The van der Waals surface area contributed by atoms with E-state index in [4.69, 9.17) is 0 Å². The van der Waals surface area contributed by atoms with Gasteiger partial charge in [0.2, 0.25) is 5.91 Å². The third-order valence-corrected chi connectivity index (χ3v) is 6.05. The first-order valence-corrected chi connectivity index (χ1v) is 10.3. The largest absolute Gasteiger partial charge is 0.357 e. The van der Waals surface area contributed by atoms with Crippen molar-refractivity contribution < 1.29 is 4.79 Å². The van der Waals surface area contributed by atoms with E-state index in [-0.39, 0.29) is 36.4 Å². The van der Waals surface area contributed by atoms with E-state index < -0.39 is 0 Å². The molecule has 3 rings (SSSR count). The highest BCUT2D eigenvalue weighted by Gasteiger charge is 2.22. The molecule has 1 aromatic rings. The minimum Gasteiger partial charge on any atom is -0.357 e. The lowest BCUT2D eigenvalue weighted by molar-refractivity contribution is -0.117. The van der Waals surface area contributed by atoms with E-state index in [1.54, 1.807) is 0 Å². The summed E-state index contributed by atoms with van der Waals surface area (Å²) in [6, 6.07) is 8.19. The average Bonchev–Trinajstić information content (AvgIpc) is 3.17. The number of hydrogen-bond donors (Lipinski definition) is 2. The van der Waals surface area contributed by atoms with Gasteiger partial charge in [0.15, 0.2) is 5.96 Å². The molecule has 1 atom stereocenters. The topological polar surface area (TPSA) is 56.7 Å². The van der Waals surface area contributed by atoms with Gasteiger partial charge in [0.25, 0.3) is 0 Å². The molecule has 7 heteroatoms. The first-order valence-electron chi connectivity index (χ1n) is 9.30. The number of hydrogen-bond acceptors (Lipinski definition) is 3. The fourth-order valence-electron chi connectivity index (χ4n) is 3.38. The van der Waals surface area contributed by atoms with Crippen LogP contribution in [-0.4, -0.2) is 49.0 Å².